The molecular formula is C19H24N2O2. The molecule has 0 saturated heterocycles. The van der Waals surface area contributed by atoms with Crippen molar-refractivity contribution in [2.24, 2.45) is 0 Å². The Hall–Kier alpha value is -2.33. The van der Waals surface area contributed by atoms with Crippen LogP contribution in [-0.2, 0) is 17.8 Å². The third-order valence-corrected chi connectivity index (χ3v) is 4.01. The normalized spacial score (nSPS) is 12.1. The molecule has 0 bridgehead atoms. The van der Waals surface area contributed by atoms with Crippen LogP contribution in [0.1, 0.15) is 18.1 Å². The Morgan fingerprint density at radius 2 is 1.78 bits per heavy atom. The average molecular weight is 312 g/mol. The zero-order valence-electron chi connectivity index (χ0n) is 13.7. The zero-order chi connectivity index (χ0) is 16.7. The molecule has 1 amide bonds. The predicted molar refractivity (Wildman–Crippen MR) is 92.2 cm³/mol. The van der Waals surface area contributed by atoms with E-state index in [0.29, 0.717) is 13.1 Å². The molecule has 0 aliphatic rings. The smallest absolute Gasteiger partial charge is 0.237 e. The number of phenols is 1. The summed E-state index contributed by atoms with van der Waals surface area (Å²) < 4.78 is 0. The summed E-state index contributed by atoms with van der Waals surface area (Å²) in [5.74, 6) is 0.259. The number of rotatable bonds is 7. The van der Waals surface area contributed by atoms with E-state index in [1.807, 2.05) is 49.2 Å². The van der Waals surface area contributed by atoms with Crippen LogP contribution in [0.4, 0.5) is 0 Å². The Bertz CT molecular complexity index is 628. The van der Waals surface area contributed by atoms with E-state index in [9.17, 15) is 9.90 Å². The highest BCUT2D eigenvalue weighted by Gasteiger charge is 2.18. The van der Waals surface area contributed by atoms with Crippen molar-refractivity contribution < 1.29 is 9.90 Å². The van der Waals surface area contributed by atoms with E-state index in [4.69, 9.17) is 0 Å². The predicted octanol–water partition coefficient (Wildman–Crippen LogP) is 2.57. The molecule has 2 rings (SSSR count). The number of phenolic OH excluding ortho intramolecular Hbond substituents is 1. The molecular weight excluding hydrogens is 288 g/mol. The third kappa shape index (κ3) is 5.11. The number of carbonyl (C=O) groups is 1. The molecule has 0 aliphatic carbocycles. The summed E-state index contributed by atoms with van der Waals surface area (Å²) in [4.78, 5) is 14.2. The van der Waals surface area contributed by atoms with Gasteiger partial charge in [0.25, 0.3) is 0 Å². The molecule has 23 heavy (non-hydrogen) atoms. The molecule has 1 atom stereocenters. The average Bonchev–Trinajstić information content (AvgIpc) is 2.57. The van der Waals surface area contributed by atoms with E-state index in [2.05, 4.69) is 17.4 Å². The second-order valence-electron chi connectivity index (χ2n) is 5.75. The Kier molecular flexibility index (Phi) is 6.18. The Morgan fingerprint density at radius 3 is 2.48 bits per heavy atom. The van der Waals surface area contributed by atoms with Gasteiger partial charge in [-0.2, -0.15) is 0 Å². The first-order valence-electron chi connectivity index (χ1n) is 7.86. The summed E-state index contributed by atoms with van der Waals surface area (Å²) in [6.45, 7) is 3.02. The van der Waals surface area contributed by atoms with Crippen molar-refractivity contribution in [1.82, 2.24) is 10.2 Å². The molecule has 122 valence electrons. The molecule has 2 aromatic carbocycles. The molecule has 0 spiro atoms. The molecule has 0 fully saturated rings. The van der Waals surface area contributed by atoms with Crippen LogP contribution in [0.15, 0.2) is 54.6 Å². The first-order chi connectivity index (χ1) is 11.1. The van der Waals surface area contributed by atoms with Crippen LogP contribution in [0, 0.1) is 0 Å². The lowest BCUT2D eigenvalue weighted by Crippen LogP contribution is -2.43. The second kappa shape index (κ2) is 8.34. The summed E-state index contributed by atoms with van der Waals surface area (Å²) in [6.07, 6.45) is 0.822. The summed E-state index contributed by atoms with van der Waals surface area (Å²) in [7, 11) is 1.88. The molecule has 0 aromatic heterocycles. The van der Waals surface area contributed by atoms with Crippen LogP contribution in [0.3, 0.4) is 0 Å². The molecule has 4 nitrogen and oxygen atoms in total. The van der Waals surface area contributed by atoms with E-state index in [0.717, 1.165) is 12.0 Å². The van der Waals surface area contributed by atoms with E-state index in [1.165, 1.54) is 5.56 Å². The van der Waals surface area contributed by atoms with Crippen molar-refractivity contribution in [3.05, 3.63) is 65.7 Å². The number of aromatic hydroxyl groups is 1. The number of benzene rings is 2. The highest BCUT2D eigenvalue weighted by atomic mass is 16.3. The molecule has 0 heterocycles. The fourth-order valence-electron chi connectivity index (χ4n) is 2.37. The summed E-state index contributed by atoms with van der Waals surface area (Å²) in [5, 5.41) is 12.8. The lowest BCUT2D eigenvalue weighted by atomic mass is 10.1. The number of hydrogen-bond donors (Lipinski definition) is 2. The number of amides is 1. The third-order valence-electron chi connectivity index (χ3n) is 4.01. The lowest BCUT2D eigenvalue weighted by molar-refractivity contribution is -0.125. The quantitative estimate of drug-likeness (QED) is 0.826. The van der Waals surface area contributed by atoms with Crippen molar-refractivity contribution in [1.29, 1.82) is 0 Å². The Morgan fingerprint density at radius 1 is 1.13 bits per heavy atom. The first-order valence-corrected chi connectivity index (χ1v) is 7.86. The van der Waals surface area contributed by atoms with Crippen molar-refractivity contribution in [2.75, 3.05) is 13.6 Å². The topological polar surface area (TPSA) is 52.6 Å². The fourth-order valence-corrected chi connectivity index (χ4v) is 2.37. The fraction of sp³-hybridized carbons (Fsp3) is 0.316. The Balaban J connectivity index is 1.80. The van der Waals surface area contributed by atoms with Gasteiger partial charge in [-0.3, -0.25) is 9.69 Å². The van der Waals surface area contributed by atoms with Crippen LogP contribution < -0.4 is 5.32 Å². The Labute approximate surface area is 137 Å². The van der Waals surface area contributed by atoms with Gasteiger partial charge in [0, 0.05) is 18.7 Å². The standard InChI is InChI=1S/C19H24N2O2/c1-15(21(2)14-17-10-6-7-11-18(17)22)19(23)20-13-12-16-8-4-3-5-9-16/h3-11,15,22H,12-14H2,1-2H3,(H,20,23). The number of para-hydroxylation sites is 1. The maximum Gasteiger partial charge on any atom is 0.237 e. The first kappa shape index (κ1) is 17.0. The number of carbonyl (C=O) groups excluding carboxylic acids is 1. The summed E-state index contributed by atoms with van der Waals surface area (Å²) >= 11 is 0. The monoisotopic (exact) mass is 312 g/mol. The molecule has 0 radical (unpaired) electrons. The highest BCUT2D eigenvalue weighted by Crippen LogP contribution is 2.18. The number of likely N-dealkylation sites (N-methyl/N-ethyl adjacent to an activating group) is 1. The molecule has 2 aromatic rings. The number of nitrogens with one attached hydrogen (secondary N) is 1. The van der Waals surface area contributed by atoms with Crippen molar-refractivity contribution in [2.45, 2.75) is 25.9 Å². The van der Waals surface area contributed by atoms with Gasteiger partial charge in [0.1, 0.15) is 5.75 Å². The van der Waals surface area contributed by atoms with Gasteiger partial charge < -0.3 is 10.4 Å². The molecule has 4 heteroatoms. The van der Waals surface area contributed by atoms with E-state index >= 15 is 0 Å². The van der Waals surface area contributed by atoms with Crippen LogP contribution in [0.5, 0.6) is 5.75 Å². The lowest BCUT2D eigenvalue weighted by Gasteiger charge is -2.24. The van der Waals surface area contributed by atoms with Crippen molar-refractivity contribution in [3.63, 3.8) is 0 Å². The van der Waals surface area contributed by atoms with Gasteiger partial charge in [0.2, 0.25) is 5.91 Å². The van der Waals surface area contributed by atoms with Crippen LogP contribution in [0.2, 0.25) is 0 Å². The van der Waals surface area contributed by atoms with Gasteiger partial charge in [-0.15, -0.1) is 0 Å². The molecule has 1 unspecified atom stereocenters. The molecule has 2 N–H and O–H groups in total. The minimum absolute atomic E-state index is 0.00106. The highest BCUT2D eigenvalue weighted by molar-refractivity contribution is 5.81. The van der Waals surface area contributed by atoms with Gasteiger partial charge in [-0.25, -0.2) is 0 Å². The van der Waals surface area contributed by atoms with Gasteiger partial charge in [-0.1, -0.05) is 48.5 Å². The SMILES string of the molecule is CC(C(=O)NCCc1ccccc1)N(C)Cc1ccccc1O. The van der Waals surface area contributed by atoms with Crippen molar-refractivity contribution in [3.8, 4) is 5.75 Å². The van der Waals surface area contributed by atoms with Gasteiger partial charge in [-0.05, 0) is 32.0 Å². The van der Waals surface area contributed by atoms with Crippen LogP contribution >= 0.6 is 0 Å². The number of hydrogen-bond acceptors (Lipinski definition) is 3. The maximum absolute atomic E-state index is 12.2. The van der Waals surface area contributed by atoms with Crippen LogP contribution in [-0.4, -0.2) is 35.5 Å². The van der Waals surface area contributed by atoms with Gasteiger partial charge in [0.15, 0.2) is 0 Å². The number of nitrogens with zero attached hydrogens (tertiary/aromatic N) is 1. The second-order valence-corrected chi connectivity index (χ2v) is 5.75. The zero-order valence-corrected chi connectivity index (χ0v) is 13.7. The minimum atomic E-state index is -0.259. The van der Waals surface area contributed by atoms with Gasteiger partial charge >= 0.3 is 0 Å². The van der Waals surface area contributed by atoms with E-state index in [-0.39, 0.29) is 17.7 Å². The van der Waals surface area contributed by atoms with Crippen LogP contribution in [0.25, 0.3) is 0 Å². The van der Waals surface area contributed by atoms with Gasteiger partial charge in [0.05, 0.1) is 6.04 Å². The van der Waals surface area contributed by atoms with E-state index < -0.39 is 0 Å². The van der Waals surface area contributed by atoms with Crippen molar-refractivity contribution >= 4 is 5.91 Å². The summed E-state index contributed by atoms with van der Waals surface area (Å²) in [5.41, 5.74) is 2.03. The largest absolute Gasteiger partial charge is 0.508 e. The maximum atomic E-state index is 12.2. The molecule has 0 aliphatic heterocycles. The molecule has 0 saturated carbocycles. The summed E-state index contributed by atoms with van der Waals surface area (Å²) in [6, 6.07) is 17.0. The van der Waals surface area contributed by atoms with E-state index in [1.54, 1.807) is 12.1 Å². The minimum Gasteiger partial charge on any atom is -0.508 e.